The van der Waals surface area contributed by atoms with Gasteiger partial charge >= 0.3 is 0 Å². The predicted octanol–water partition coefficient (Wildman–Crippen LogP) is 1.64. The van der Waals surface area contributed by atoms with E-state index in [-0.39, 0.29) is 6.61 Å². The number of carbonyl (C=O) groups is 1. The number of ether oxygens (including phenoxy) is 1. The molecule has 0 saturated heterocycles. The van der Waals surface area contributed by atoms with E-state index in [2.05, 4.69) is 5.10 Å². The zero-order valence-corrected chi connectivity index (χ0v) is 12.2. The van der Waals surface area contributed by atoms with Crippen molar-refractivity contribution in [1.29, 1.82) is 0 Å². The number of aliphatic hydroxyl groups is 1. The van der Waals surface area contributed by atoms with E-state index in [1.807, 2.05) is 25.1 Å². The number of anilines is 1. The van der Waals surface area contributed by atoms with E-state index in [9.17, 15) is 4.79 Å². The molecule has 0 bridgehead atoms. The first-order valence-corrected chi connectivity index (χ1v) is 6.69. The molecule has 3 N–H and O–H groups in total. The molecule has 0 amide bonds. The molecule has 0 aliphatic heterocycles. The maximum Gasteiger partial charge on any atom is 0.156 e. The topological polar surface area (TPSA) is 90.4 Å². The summed E-state index contributed by atoms with van der Waals surface area (Å²) in [6.45, 7) is 2.44. The van der Waals surface area contributed by atoms with Crippen LogP contribution in [0.2, 0.25) is 0 Å². The Bertz CT molecular complexity index is 650. The predicted molar refractivity (Wildman–Crippen MR) is 80.5 cm³/mol. The third-order valence-corrected chi connectivity index (χ3v) is 3.36. The lowest BCUT2D eigenvalue weighted by atomic mass is 10.0. The van der Waals surface area contributed by atoms with Gasteiger partial charge in [-0.15, -0.1) is 0 Å². The molecule has 1 heterocycles. The Labute approximate surface area is 123 Å². The van der Waals surface area contributed by atoms with Crippen LogP contribution < -0.4 is 10.5 Å². The molecule has 0 aliphatic carbocycles. The Hall–Kier alpha value is -2.34. The van der Waals surface area contributed by atoms with E-state index in [1.54, 1.807) is 11.8 Å². The number of nitrogen functional groups attached to an aromatic ring is 1. The van der Waals surface area contributed by atoms with Crippen molar-refractivity contribution in [3.8, 4) is 17.0 Å². The largest absolute Gasteiger partial charge is 0.497 e. The summed E-state index contributed by atoms with van der Waals surface area (Å²) in [6.07, 6.45) is 1.25. The number of nitrogens with zero attached hydrogens (tertiary/aromatic N) is 2. The zero-order chi connectivity index (χ0) is 15.4. The molecule has 0 radical (unpaired) electrons. The van der Waals surface area contributed by atoms with Crippen molar-refractivity contribution in [1.82, 2.24) is 9.78 Å². The Morgan fingerprint density at radius 3 is 2.81 bits per heavy atom. The number of hydrogen-bond acceptors (Lipinski definition) is 5. The van der Waals surface area contributed by atoms with Crippen molar-refractivity contribution < 1.29 is 14.6 Å². The van der Waals surface area contributed by atoms with Gasteiger partial charge in [0.1, 0.15) is 17.3 Å². The van der Waals surface area contributed by atoms with Crippen molar-refractivity contribution >= 4 is 12.1 Å². The fourth-order valence-electron chi connectivity index (χ4n) is 2.22. The van der Waals surface area contributed by atoms with Crippen molar-refractivity contribution in [2.45, 2.75) is 19.9 Å². The van der Waals surface area contributed by atoms with Crippen LogP contribution in [0.4, 0.5) is 5.82 Å². The first-order chi connectivity index (χ1) is 10.1. The van der Waals surface area contributed by atoms with Gasteiger partial charge in [-0.2, -0.15) is 5.10 Å². The van der Waals surface area contributed by atoms with E-state index in [0.717, 1.165) is 23.2 Å². The van der Waals surface area contributed by atoms with Gasteiger partial charge < -0.3 is 15.6 Å². The molecule has 6 nitrogen and oxygen atoms in total. The van der Waals surface area contributed by atoms with Crippen LogP contribution in [-0.4, -0.2) is 34.9 Å². The molecule has 6 heteroatoms. The number of carbonyl (C=O) groups excluding carboxylic acids is 1. The van der Waals surface area contributed by atoms with Gasteiger partial charge in [-0.3, -0.25) is 4.79 Å². The van der Waals surface area contributed by atoms with Gasteiger partial charge in [-0.1, -0.05) is 0 Å². The second kappa shape index (κ2) is 6.41. The minimum atomic E-state index is 0.0482. The van der Waals surface area contributed by atoms with Gasteiger partial charge in [0.05, 0.1) is 12.7 Å². The molecule has 2 aromatic rings. The smallest absolute Gasteiger partial charge is 0.156 e. The van der Waals surface area contributed by atoms with Crippen LogP contribution in [0.3, 0.4) is 0 Å². The molecule has 0 fully saturated rings. The van der Waals surface area contributed by atoms with Crippen LogP contribution in [0.25, 0.3) is 11.3 Å². The molecule has 0 atom stereocenters. The van der Waals surface area contributed by atoms with Gasteiger partial charge in [0.15, 0.2) is 6.29 Å². The molecule has 1 aromatic heterocycles. The summed E-state index contributed by atoms with van der Waals surface area (Å²) in [7, 11) is 1.60. The Balaban J connectivity index is 2.50. The van der Waals surface area contributed by atoms with Gasteiger partial charge in [0.25, 0.3) is 0 Å². The van der Waals surface area contributed by atoms with E-state index >= 15 is 0 Å². The van der Waals surface area contributed by atoms with E-state index in [4.69, 9.17) is 15.6 Å². The lowest BCUT2D eigenvalue weighted by molar-refractivity contribution is 0.112. The van der Waals surface area contributed by atoms with Crippen LogP contribution in [0.5, 0.6) is 5.75 Å². The van der Waals surface area contributed by atoms with Crippen molar-refractivity contribution in [3.63, 3.8) is 0 Å². The summed E-state index contributed by atoms with van der Waals surface area (Å²) in [5, 5.41) is 13.3. The third-order valence-electron chi connectivity index (χ3n) is 3.36. The number of aliphatic hydroxyl groups excluding tert-OH is 1. The number of aryl methyl sites for hydroxylation is 2. The summed E-state index contributed by atoms with van der Waals surface area (Å²) in [4.78, 5) is 11.3. The van der Waals surface area contributed by atoms with Gasteiger partial charge in [-0.25, -0.2) is 4.68 Å². The molecular weight excluding hydrogens is 270 g/mol. The zero-order valence-electron chi connectivity index (χ0n) is 12.2. The monoisotopic (exact) mass is 289 g/mol. The Morgan fingerprint density at radius 2 is 2.24 bits per heavy atom. The summed E-state index contributed by atoms with van der Waals surface area (Å²) < 4.78 is 6.73. The average Bonchev–Trinajstić information content (AvgIpc) is 2.80. The van der Waals surface area contributed by atoms with Crippen LogP contribution in [0.1, 0.15) is 22.3 Å². The number of aromatic nitrogens is 2. The normalized spacial score (nSPS) is 10.6. The molecule has 1 aromatic carbocycles. The first-order valence-electron chi connectivity index (χ1n) is 6.69. The molecule has 0 unspecified atom stereocenters. The fourth-order valence-corrected chi connectivity index (χ4v) is 2.22. The molecular formula is C15H19N3O3. The van der Waals surface area contributed by atoms with Crippen molar-refractivity contribution in [2.75, 3.05) is 19.5 Å². The fraction of sp³-hybridized carbons (Fsp3) is 0.333. The van der Waals surface area contributed by atoms with E-state index in [0.29, 0.717) is 30.0 Å². The van der Waals surface area contributed by atoms with Crippen molar-refractivity contribution in [2.24, 2.45) is 0 Å². The highest BCUT2D eigenvalue weighted by Gasteiger charge is 2.18. The SMILES string of the molecule is COc1ccc(-c2nn(CCCO)c(N)c2C=O)c(C)c1. The summed E-state index contributed by atoms with van der Waals surface area (Å²) in [6, 6.07) is 5.56. The van der Waals surface area contributed by atoms with Crippen LogP contribution in [-0.2, 0) is 6.54 Å². The van der Waals surface area contributed by atoms with E-state index < -0.39 is 0 Å². The molecule has 2 rings (SSSR count). The second-order valence-corrected chi connectivity index (χ2v) is 4.75. The standard InChI is InChI=1S/C15H19N3O3/c1-10-8-11(21-2)4-5-12(10)14-13(9-20)15(16)18(17-14)6-3-7-19/h4-5,8-9,19H,3,6-7,16H2,1-2H3. The quantitative estimate of drug-likeness (QED) is 0.789. The molecule has 0 spiro atoms. The number of rotatable bonds is 6. The lowest BCUT2D eigenvalue weighted by Crippen LogP contribution is -2.06. The number of methoxy groups -OCH3 is 1. The van der Waals surface area contributed by atoms with Gasteiger partial charge in [-0.05, 0) is 37.1 Å². The van der Waals surface area contributed by atoms with Gasteiger partial charge in [0, 0.05) is 18.7 Å². The maximum absolute atomic E-state index is 11.3. The minimum Gasteiger partial charge on any atom is -0.497 e. The highest BCUT2D eigenvalue weighted by atomic mass is 16.5. The average molecular weight is 289 g/mol. The Morgan fingerprint density at radius 1 is 1.48 bits per heavy atom. The highest BCUT2D eigenvalue weighted by molar-refractivity contribution is 5.92. The van der Waals surface area contributed by atoms with Crippen molar-refractivity contribution in [3.05, 3.63) is 29.3 Å². The summed E-state index contributed by atoms with van der Waals surface area (Å²) in [5.41, 5.74) is 8.68. The third kappa shape index (κ3) is 2.90. The lowest BCUT2D eigenvalue weighted by Gasteiger charge is -2.06. The molecule has 0 saturated carbocycles. The Kier molecular flexibility index (Phi) is 4.59. The summed E-state index contributed by atoms with van der Waals surface area (Å²) >= 11 is 0. The highest BCUT2D eigenvalue weighted by Crippen LogP contribution is 2.30. The molecule has 21 heavy (non-hydrogen) atoms. The number of hydrogen-bond donors (Lipinski definition) is 2. The molecule has 112 valence electrons. The van der Waals surface area contributed by atoms with E-state index in [1.165, 1.54) is 0 Å². The summed E-state index contributed by atoms with van der Waals surface area (Å²) in [5.74, 6) is 1.07. The number of nitrogens with two attached hydrogens (primary N) is 1. The first kappa shape index (κ1) is 15.1. The number of aldehydes is 1. The maximum atomic E-state index is 11.3. The number of benzene rings is 1. The second-order valence-electron chi connectivity index (χ2n) is 4.75. The van der Waals surface area contributed by atoms with Crippen LogP contribution in [0, 0.1) is 6.92 Å². The van der Waals surface area contributed by atoms with Gasteiger partial charge in [0.2, 0.25) is 0 Å². The molecule has 0 aliphatic rings. The minimum absolute atomic E-state index is 0.0482. The van der Waals surface area contributed by atoms with Crippen LogP contribution in [0.15, 0.2) is 18.2 Å². The van der Waals surface area contributed by atoms with Crippen LogP contribution >= 0.6 is 0 Å².